The van der Waals surface area contributed by atoms with Gasteiger partial charge in [0.2, 0.25) is 0 Å². The molecule has 0 aromatic heterocycles. The van der Waals surface area contributed by atoms with E-state index in [-0.39, 0.29) is 30.7 Å². The molecule has 8 nitrogen and oxygen atoms in total. The molecule has 1 heterocycles. The maximum absolute atomic E-state index is 13.4. The van der Waals surface area contributed by atoms with E-state index in [0.29, 0.717) is 23.5 Å². The van der Waals surface area contributed by atoms with Gasteiger partial charge in [0, 0.05) is 39.3 Å². The summed E-state index contributed by atoms with van der Waals surface area (Å²) in [7, 11) is 5.23. The summed E-state index contributed by atoms with van der Waals surface area (Å²) in [5.74, 6) is -0.0812. The number of nitrogens with zero attached hydrogens (tertiary/aromatic N) is 3. The molecule has 2 N–H and O–H groups in total. The van der Waals surface area contributed by atoms with Crippen LogP contribution in [0.1, 0.15) is 29.8 Å². The zero-order valence-corrected chi connectivity index (χ0v) is 21.5. The largest absolute Gasteiger partial charge is 0.485 e. The number of anilines is 2. The molecule has 3 rings (SSSR count). The van der Waals surface area contributed by atoms with Gasteiger partial charge in [-0.2, -0.15) is 13.2 Å². The predicted molar refractivity (Wildman–Crippen MR) is 135 cm³/mol. The number of rotatable bonds is 6. The molecular weight excluding hydrogens is 489 g/mol. The lowest BCUT2D eigenvalue weighted by Crippen LogP contribution is -2.50. The van der Waals surface area contributed by atoms with Crippen LogP contribution in [0.2, 0.25) is 0 Å². The molecule has 0 fully saturated rings. The third-order valence-electron chi connectivity index (χ3n) is 6.42. The van der Waals surface area contributed by atoms with Gasteiger partial charge >= 0.3 is 12.2 Å². The molecule has 0 aliphatic carbocycles. The van der Waals surface area contributed by atoms with Crippen LogP contribution >= 0.6 is 0 Å². The van der Waals surface area contributed by atoms with Crippen LogP contribution in [0.15, 0.2) is 42.5 Å². The van der Waals surface area contributed by atoms with E-state index in [1.807, 2.05) is 32.0 Å². The van der Waals surface area contributed by atoms with E-state index in [9.17, 15) is 27.9 Å². The van der Waals surface area contributed by atoms with Crippen molar-refractivity contribution in [3.8, 4) is 5.75 Å². The van der Waals surface area contributed by atoms with Gasteiger partial charge < -0.3 is 29.9 Å². The summed E-state index contributed by atoms with van der Waals surface area (Å²) in [5.41, 5.74) is 0.478. The Morgan fingerprint density at radius 3 is 2.41 bits per heavy atom. The first-order valence-electron chi connectivity index (χ1n) is 11.9. The van der Waals surface area contributed by atoms with Crippen LogP contribution in [-0.4, -0.2) is 79.8 Å². The third-order valence-corrected chi connectivity index (χ3v) is 6.42. The van der Waals surface area contributed by atoms with Crippen LogP contribution in [-0.2, 0) is 6.18 Å². The van der Waals surface area contributed by atoms with Gasteiger partial charge in [-0.05, 0) is 43.3 Å². The summed E-state index contributed by atoms with van der Waals surface area (Å²) in [6.45, 7) is 3.90. The van der Waals surface area contributed by atoms with Crippen molar-refractivity contribution < 1.29 is 32.6 Å². The Labute approximate surface area is 214 Å². The average Bonchev–Trinajstić information content (AvgIpc) is 2.84. The number of amides is 3. The molecule has 2 aromatic rings. The number of aliphatic hydroxyl groups excluding tert-OH is 1. The highest BCUT2D eigenvalue weighted by molar-refractivity contribution is 5.99. The summed E-state index contributed by atoms with van der Waals surface area (Å²) < 4.78 is 44.9. The minimum absolute atomic E-state index is 0.143. The lowest BCUT2D eigenvalue weighted by atomic mass is 9.99. The van der Waals surface area contributed by atoms with Crippen molar-refractivity contribution in [2.24, 2.45) is 5.92 Å². The second kappa shape index (κ2) is 11.3. The maximum Gasteiger partial charge on any atom is 0.416 e. The zero-order chi connectivity index (χ0) is 27.5. The molecule has 0 saturated heterocycles. The van der Waals surface area contributed by atoms with Crippen molar-refractivity contribution in [2.75, 3.05) is 51.1 Å². The summed E-state index contributed by atoms with van der Waals surface area (Å²) in [5, 5.41) is 12.4. The highest BCUT2D eigenvalue weighted by atomic mass is 19.4. The summed E-state index contributed by atoms with van der Waals surface area (Å²) >= 11 is 0. The standard InChI is InChI=1S/C26H33F3N4O4/c1-16-13-33(17(2)15-34)24(35)20-7-6-8-21(31(3)4)23(20)37-22(16)14-32(5)25(36)30-19-11-9-18(10-12-19)26(27,28)29/h6-12,16-17,22,34H,13-15H2,1-5H3,(H,30,36)/t16-,17+,22-/m1/s1. The quantitative estimate of drug-likeness (QED) is 0.595. The second-order valence-corrected chi connectivity index (χ2v) is 9.56. The van der Waals surface area contributed by atoms with E-state index in [1.165, 1.54) is 17.0 Å². The normalized spacial score (nSPS) is 18.7. The Hall–Kier alpha value is -3.47. The lowest BCUT2D eigenvalue weighted by molar-refractivity contribution is -0.137. The number of urea groups is 1. The van der Waals surface area contributed by atoms with Crippen LogP contribution < -0.4 is 15.0 Å². The fourth-order valence-electron chi connectivity index (χ4n) is 4.11. The van der Waals surface area contributed by atoms with Gasteiger partial charge in [0.25, 0.3) is 5.91 Å². The summed E-state index contributed by atoms with van der Waals surface area (Å²) in [6, 6.07) is 8.53. The second-order valence-electron chi connectivity index (χ2n) is 9.56. The van der Waals surface area contributed by atoms with Crippen LogP contribution in [0.4, 0.5) is 29.3 Å². The Morgan fingerprint density at radius 1 is 1.19 bits per heavy atom. The number of benzene rings is 2. The highest BCUT2D eigenvalue weighted by Gasteiger charge is 2.35. The van der Waals surface area contributed by atoms with E-state index in [4.69, 9.17) is 4.74 Å². The number of aliphatic hydroxyl groups is 1. The minimum Gasteiger partial charge on any atom is -0.485 e. The number of ether oxygens (including phenoxy) is 1. The molecule has 1 aliphatic heterocycles. The monoisotopic (exact) mass is 522 g/mol. The number of alkyl halides is 3. The highest BCUT2D eigenvalue weighted by Crippen LogP contribution is 2.36. The number of nitrogens with one attached hydrogen (secondary N) is 1. The third kappa shape index (κ3) is 6.46. The van der Waals surface area contributed by atoms with Crippen molar-refractivity contribution in [1.29, 1.82) is 0 Å². The SMILES string of the molecule is C[C@@H]1CN([C@@H](C)CO)C(=O)c2cccc(N(C)C)c2O[C@@H]1CN(C)C(=O)Nc1ccc(C(F)(F)F)cc1. The molecule has 0 saturated carbocycles. The number of carbonyl (C=O) groups is 2. The van der Waals surface area contributed by atoms with Gasteiger partial charge in [-0.3, -0.25) is 4.79 Å². The molecule has 202 valence electrons. The molecule has 0 unspecified atom stereocenters. The number of halogens is 3. The molecule has 37 heavy (non-hydrogen) atoms. The van der Waals surface area contributed by atoms with Crippen molar-refractivity contribution in [2.45, 2.75) is 32.2 Å². The van der Waals surface area contributed by atoms with Gasteiger partial charge in [-0.1, -0.05) is 13.0 Å². The van der Waals surface area contributed by atoms with Crippen molar-refractivity contribution in [1.82, 2.24) is 9.80 Å². The fourth-order valence-corrected chi connectivity index (χ4v) is 4.11. The van der Waals surface area contributed by atoms with Crippen LogP contribution in [0, 0.1) is 5.92 Å². The number of hydrogen-bond acceptors (Lipinski definition) is 5. The molecule has 3 amide bonds. The number of hydrogen-bond donors (Lipinski definition) is 2. The molecule has 3 atom stereocenters. The Kier molecular flexibility index (Phi) is 8.57. The number of fused-ring (bicyclic) bond motifs is 1. The zero-order valence-electron chi connectivity index (χ0n) is 21.5. The topological polar surface area (TPSA) is 85.4 Å². The molecule has 2 aromatic carbocycles. The maximum atomic E-state index is 13.4. The van der Waals surface area contributed by atoms with E-state index < -0.39 is 29.9 Å². The first kappa shape index (κ1) is 28.1. The molecule has 0 bridgehead atoms. The minimum atomic E-state index is -4.46. The van der Waals surface area contributed by atoms with Crippen LogP contribution in [0.3, 0.4) is 0 Å². The Balaban J connectivity index is 1.85. The lowest BCUT2D eigenvalue weighted by Gasteiger charge is -2.39. The fraction of sp³-hybridized carbons (Fsp3) is 0.462. The summed E-state index contributed by atoms with van der Waals surface area (Å²) in [4.78, 5) is 31.1. The Morgan fingerprint density at radius 2 is 1.84 bits per heavy atom. The molecule has 0 spiro atoms. The van der Waals surface area contributed by atoms with Gasteiger partial charge in [0.05, 0.1) is 36.0 Å². The van der Waals surface area contributed by atoms with Gasteiger partial charge in [0.1, 0.15) is 6.10 Å². The van der Waals surface area contributed by atoms with Crippen LogP contribution in [0.25, 0.3) is 0 Å². The molecule has 11 heteroatoms. The molecule has 1 aliphatic rings. The summed E-state index contributed by atoms with van der Waals surface area (Å²) in [6.07, 6.45) is -4.99. The van der Waals surface area contributed by atoms with E-state index in [1.54, 1.807) is 31.0 Å². The number of para-hydroxylation sites is 1. The van der Waals surface area contributed by atoms with E-state index in [2.05, 4.69) is 5.32 Å². The van der Waals surface area contributed by atoms with E-state index in [0.717, 1.165) is 12.1 Å². The van der Waals surface area contributed by atoms with Crippen molar-refractivity contribution in [3.05, 3.63) is 53.6 Å². The average molecular weight is 523 g/mol. The van der Waals surface area contributed by atoms with Gasteiger partial charge in [-0.15, -0.1) is 0 Å². The first-order chi connectivity index (χ1) is 17.3. The first-order valence-corrected chi connectivity index (χ1v) is 11.9. The molecule has 0 radical (unpaired) electrons. The molecular formula is C26H33F3N4O4. The van der Waals surface area contributed by atoms with Crippen molar-refractivity contribution in [3.63, 3.8) is 0 Å². The van der Waals surface area contributed by atoms with Gasteiger partial charge in [0.15, 0.2) is 5.75 Å². The van der Waals surface area contributed by atoms with E-state index >= 15 is 0 Å². The Bertz CT molecular complexity index is 1110. The number of carbonyl (C=O) groups excluding carboxylic acids is 2. The van der Waals surface area contributed by atoms with Crippen molar-refractivity contribution >= 4 is 23.3 Å². The number of likely N-dealkylation sites (N-methyl/N-ethyl adjacent to an activating group) is 1. The van der Waals surface area contributed by atoms with Crippen LogP contribution in [0.5, 0.6) is 5.75 Å². The smallest absolute Gasteiger partial charge is 0.416 e. The van der Waals surface area contributed by atoms with Gasteiger partial charge in [-0.25, -0.2) is 4.79 Å². The predicted octanol–water partition coefficient (Wildman–Crippen LogP) is 4.16.